The number of benzene rings is 1. The van der Waals surface area contributed by atoms with Crippen molar-refractivity contribution in [2.75, 3.05) is 16.8 Å². The highest BCUT2D eigenvalue weighted by atomic mass is 16.2. The van der Waals surface area contributed by atoms with Gasteiger partial charge in [-0.25, -0.2) is 4.98 Å². The van der Waals surface area contributed by atoms with Gasteiger partial charge in [-0.3, -0.25) is 4.79 Å². The number of amides is 1. The van der Waals surface area contributed by atoms with E-state index in [-0.39, 0.29) is 5.91 Å². The molecule has 0 spiro atoms. The summed E-state index contributed by atoms with van der Waals surface area (Å²) in [4.78, 5) is 18.0. The summed E-state index contributed by atoms with van der Waals surface area (Å²) in [5.41, 5.74) is 1.95. The van der Waals surface area contributed by atoms with Gasteiger partial charge in [-0.05, 0) is 17.7 Å². The lowest BCUT2D eigenvalue weighted by Crippen LogP contribution is -2.38. The Kier molecular flexibility index (Phi) is 2.68. The van der Waals surface area contributed by atoms with Crippen molar-refractivity contribution in [1.82, 2.24) is 4.98 Å². The van der Waals surface area contributed by atoms with Gasteiger partial charge in [0, 0.05) is 12.7 Å². The Hall–Kier alpha value is -2.36. The maximum absolute atomic E-state index is 11.6. The Morgan fingerprint density at radius 1 is 1.17 bits per heavy atom. The molecule has 0 unspecified atom stereocenters. The molecule has 4 heteroatoms. The smallest absolute Gasteiger partial charge is 0.244 e. The number of aromatic nitrogens is 1. The maximum Gasteiger partial charge on any atom is 0.244 e. The molecule has 0 saturated heterocycles. The first-order valence-corrected chi connectivity index (χ1v) is 5.87. The highest BCUT2D eigenvalue weighted by Crippen LogP contribution is 2.27. The van der Waals surface area contributed by atoms with Gasteiger partial charge in [-0.2, -0.15) is 0 Å². The molecule has 18 heavy (non-hydrogen) atoms. The summed E-state index contributed by atoms with van der Waals surface area (Å²) < 4.78 is 0. The van der Waals surface area contributed by atoms with E-state index in [2.05, 4.69) is 22.4 Å². The molecule has 0 aliphatic carbocycles. The standard InChI is InChI=1S/C14H13N3O/c18-13-10-17(9-11-5-2-1-3-6-11)14-12(16-13)7-4-8-15-14/h1-8H,9-10H2,(H,16,18). The van der Waals surface area contributed by atoms with Gasteiger partial charge in [0.25, 0.3) is 0 Å². The highest BCUT2D eigenvalue weighted by Gasteiger charge is 2.22. The molecule has 3 rings (SSSR count). The number of carbonyl (C=O) groups is 1. The third-order valence-corrected chi connectivity index (χ3v) is 2.91. The molecule has 0 saturated carbocycles. The van der Waals surface area contributed by atoms with Crippen LogP contribution in [0.3, 0.4) is 0 Å². The van der Waals surface area contributed by atoms with Gasteiger partial charge < -0.3 is 10.2 Å². The molecule has 0 atom stereocenters. The summed E-state index contributed by atoms with van der Waals surface area (Å²) in [5.74, 6) is 0.840. The summed E-state index contributed by atoms with van der Waals surface area (Å²) in [6.07, 6.45) is 1.74. The van der Waals surface area contributed by atoms with Crippen LogP contribution in [-0.4, -0.2) is 17.4 Å². The molecule has 1 aromatic heterocycles. The van der Waals surface area contributed by atoms with E-state index in [9.17, 15) is 4.79 Å². The summed E-state index contributed by atoms with van der Waals surface area (Å²) >= 11 is 0. The van der Waals surface area contributed by atoms with Crippen molar-refractivity contribution in [3.05, 3.63) is 54.2 Å². The zero-order valence-corrected chi connectivity index (χ0v) is 9.84. The topological polar surface area (TPSA) is 45.2 Å². The number of carbonyl (C=O) groups excluding carboxylic acids is 1. The second kappa shape index (κ2) is 4.49. The number of hydrogen-bond donors (Lipinski definition) is 1. The van der Waals surface area contributed by atoms with Crippen molar-refractivity contribution in [3.63, 3.8) is 0 Å². The van der Waals surface area contributed by atoms with E-state index in [1.165, 1.54) is 5.56 Å². The molecule has 0 radical (unpaired) electrons. The fourth-order valence-corrected chi connectivity index (χ4v) is 2.12. The number of rotatable bonds is 2. The van der Waals surface area contributed by atoms with Crippen LogP contribution in [0.1, 0.15) is 5.56 Å². The van der Waals surface area contributed by atoms with E-state index in [4.69, 9.17) is 0 Å². The quantitative estimate of drug-likeness (QED) is 0.872. The fourth-order valence-electron chi connectivity index (χ4n) is 2.12. The molecule has 2 aromatic rings. The first-order valence-electron chi connectivity index (χ1n) is 5.87. The molecular weight excluding hydrogens is 226 g/mol. The summed E-state index contributed by atoms with van der Waals surface area (Å²) in [7, 11) is 0. The normalized spacial score (nSPS) is 14.0. The highest BCUT2D eigenvalue weighted by molar-refractivity contribution is 6.00. The molecule has 1 aromatic carbocycles. The Morgan fingerprint density at radius 2 is 2.00 bits per heavy atom. The Bertz CT molecular complexity index is 568. The van der Waals surface area contributed by atoms with Crippen molar-refractivity contribution in [3.8, 4) is 0 Å². The van der Waals surface area contributed by atoms with Gasteiger partial charge in [0.1, 0.15) is 0 Å². The van der Waals surface area contributed by atoms with Gasteiger partial charge in [-0.1, -0.05) is 30.3 Å². The van der Waals surface area contributed by atoms with E-state index < -0.39 is 0 Å². The van der Waals surface area contributed by atoms with E-state index in [1.807, 2.05) is 35.2 Å². The van der Waals surface area contributed by atoms with Crippen molar-refractivity contribution in [2.24, 2.45) is 0 Å². The van der Waals surface area contributed by atoms with Gasteiger partial charge in [0.15, 0.2) is 5.82 Å². The second-order valence-corrected chi connectivity index (χ2v) is 4.26. The molecule has 1 N–H and O–H groups in total. The van der Waals surface area contributed by atoms with E-state index in [1.54, 1.807) is 6.20 Å². The molecular formula is C14H13N3O. The van der Waals surface area contributed by atoms with Gasteiger partial charge in [-0.15, -0.1) is 0 Å². The maximum atomic E-state index is 11.6. The number of anilines is 2. The van der Waals surface area contributed by atoms with Crippen LogP contribution in [0.5, 0.6) is 0 Å². The van der Waals surface area contributed by atoms with Gasteiger partial charge >= 0.3 is 0 Å². The fraction of sp³-hybridized carbons (Fsp3) is 0.143. The second-order valence-electron chi connectivity index (χ2n) is 4.26. The number of hydrogen-bond acceptors (Lipinski definition) is 3. The number of fused-ring (bicyclic) bond motifs is 1. The molecule has 2 heterocycles. The molecule has 0 bridgehead atoms. The monoisotopic (exact) mass is 239 g/mol. The predicted octanol–water partition coefficient (Wildman–Crippen LogP) is 2.04. The Morgan fingerprint density at radius 3 is 2.83 bits per heavy atom. The predicted molar refractivity (Wildman–Crippen MR) is 70.4 cm³/mol. The molecule has 1 aliphatic rings. The van der Waals surface area contributed by atoms with Crippen LogP contribution in [0.25, 0.3) is 0 Å². The van der Waals surface area contributed by atoms with Crippen molar-refractivity contribution in [2.45, 2.75) is 6.54 Å². The summed E-state index contributed by atoms with van der Waals surface area (Å²) in [6.45, 7) is 1.04. The average molecular weight is 239 g/mol. The molecule has 1 amide bonds. The largest absolute Gasteiger partial charge is 0.341 e. The summed E-state index contributed by atoms with van der Waals surface area (Å²) in [5, 5.41) is 2.83. The van der Waals surface area contributed by atoms with Gasteiger partial charge in [0.05, 0.1) is 12.2 Å². The first kappa shape index (κ1) is 10.8. The first-order chi connectivity index (χ1) is 8.83. The third kappa shape index (κ3) is 2.05. The SMILES string of the molecule is O=C1CN(Cc2ccccc2)c2ncccc2N1. The minimum atomic E-state index is 0.00595. The lowest BCUT2D eigenvalue weighted by molar-refractivity contribution is -0.115. The number of nitrogens with zero attached hydrogens (tertiary/aromatic N) is 2. The van der Waals surface area contributed by atoms with Crippen LogP contribution < -0.4 is 10.2 Å². The Balaban J connectivity index is 1.91. The number of pyridine rings is 1. The van der Waals surface area contributed by atoms with Crippen LogP contribution >= 0.6 is 0 Å². The molecule has 1 aliphatic heterocycles. The van der Waals surface area contributed by atoms with Crippen LogP contribution in [-0.2, 0) is 11.3 Å². The van der Waals surface area contributed by atoms with Crippen molar-refractivity contribution in [1.29, 1.82) is 0 Å². The lowest BCUT2D eigenvalue weighted by Gasteiger charge is -2.29. The zero-order chi connectivity index (χ0) is 12.4. The molecule has 0 fully saturated rings. The van der Waals surface area contributed by atoms with Crippen LogP contribution in [0.15, 0.2) is 48.7 Å². The third-order valence-electron chi connectivity index (χ3n) is 2.91. The van der Waals surface area contributed by atoms with E-state index in [0.717, 1.165) is 11.5 Å². The molecule has 4 nitrogen and oxygen atoms in total. The van der Waals surface area contributed by atoms with Crippen molar-refractivity contribution >= 4 is 17.4 Å². The number of nitrogens with one attached hydrogen (secondary N) is 1. The van der Waals surface area contributed by atoms with E-state index >= 15 is 0 Å². The average Bonchev–Trinajstić information content (AvgIpc) is 2.40. The summed E-state index contributed by atoms with van der Waals surface area (Å²) in [6, 6.07) is 13.8. The minimum absolute atomic E-state index is 0.00595. The zero-order valence-electron chi connectivity index (χ0n) is 9.84. The van der Waals surface area contributed by atoms with Gasteiger partial charge in [0.2, 0.25) is 5.91 Å². The van der Waals surface area contributed by atoms with Crippen molar-refractivity contribution < 1.29 is 4.79 Å². The molecule has 90 valence electrons. The van der Waals surface area contributed by atoms with Crippen LogP contribution in [0.2, 0.25) is 0 Å². The van der Waals surface area contributed by atoms with Crippen LogP contribution in [0.4, 0.5) is 11.5 Å². The van der Waals surface area contributed by atoms with Crippen LogP contribution in [0, 0.1) is 0 Å². The minimum Gasteiger partial charge on any atom is -0.341 e. The van der Waals surface area contributed by atoms with E-state index in [0.29, 0.717) is 13.1 Å². The Labute approximate surface area is 105 Å². The lowest BCUT2D eigenvalue weighted by atomic mass is 10.2.